The summed E-state index contributed by atoms with van der Waals surface area (Å²) in [5.41, 5.74) is 18.4. The van der Waals surface area contributed by atoms with Crippen molar-refractivity contribution in [1.82, 2.24) is 5.32 Å². The molecular weight excluding hydrogens is 282 g/mol. The van der Waals surface area contributed by atoms with Gasteiger partial charge in [0.2, 0.25) is 0 Å². The molecule has 0 saturated carbocycles. The highest BCUT2D eigenvalue weighted by molar-refractivity contribution is 5.62. The molecule has 2 rings (SSSR count). The van der Waals surface area contributed by atoms with Crippen LogP contribution in [0.1, 0.15) is 36.1 Å². The fraction of sp³-hybridized carbons (Fsp3) is 0.400. The standard InChI is InChI=1S/C20H29N3/c1-4-5-15(3)16(8-9-21)11-17-10-14(2)6-7-19(17)20(22)18-12-23-13-18/h4-7,10-11,18,20,23H,1,8-9,12-13,21-22H2,2-3H3/b15-5+,16-11-. The van der Waals surface area contributed by atoms with Crippen LogP contribution in [0, 0.1) is 12.8 Å². The van der Waals surface area contributed by atoms with Gasteiger partial charge in [-0.25, -0.2) is 0 Å². The van der Waals surface area contributed by atoms with Crippen molar-refractivity contribution in [1.29, 1.82) is 0 Å². The normalized spacial score (nSPS) is 17.7. The van der Waals surface area contributed by atoms with Gasteiger partial charge in [0, 0.05) is 25.0 Å². The molecule has 1 unspecified atom stereocenters. The second-order valence-corrected chi connectivity index (χ2v) is 6.37. The number of hydrogen-bond acceptors (Lipinski definition) is 3. The van der Waals surface area contributed by atoms with Crippen LogP contribution in [-0.4, -0.2) is 19.6 Å². The number of allylic oxidation sites excluding steroid dienone is 3. The average molecular weight is 311 g/mol. The first-order valence-corrected chi connectivity index (χ1v) is 8.34. The van der Waals surface area contributed by atoms with Crippen molar-refractivity contribution in [3.05, 3.63) is 64.8 Å². The fourth-order valence-electron chi connectivity index (χ4n) is 2.95. The zero-order valence-corrected chi connectivity index (χ0v) is 14.3. The van der Waals surface area contributed by atoms with Gasteiger partial charge in [-0.1, -0.05) is 48.6 Å². The first-order chi connectivity index (χ1) is 11.1. The Kier molecular flexibility index (Phi) is 6.34. The summed E-state index contributed by atoms with van der Waals surface area (Å²) < 4.78 is 0. The van der Waals surface area contributed by atoms with E-state index in [1.165, 1.54) is 27.8 Å². The van der Waals surface area contributed by atoms with Crippen LogP contribution < -0.4 is 16.8 Å². The van der Waals surface area contributed by atoms with Gasteiger partial charge in [0.15, 0.2) is 0 Å². The van der Waals surface area contributed by atoms with E-state index in [-0.39, 0.29) is 6.04 Å². The lowest BCUT2D eigenvalue weighted by Gasteiger charge is -2.33. The third-order valence-electron chi connectivity index (χ3n) is 4.54. The maximum absolute atomic E-state index is 6.51. The summed E-state index contributed by atoms with van der Waals surface area (Å²) in [4.78, 5) is 0. The highest BCUT2D eigenvalue weighted by Gasteiger charge is 2.26. The van der Waals surface area contributed by atoms with Crippen LogP contribution >= 0.6 is 0 Å². The Balaban J connectivity index is 2.42. The van der Waals surface area contributed by atoms with Crippen molar-refractivity contribution in [2.24, 2.45) is 17.4 Å². The van der Waals surface area contributed by atoms with Crippen LogP contribution in [0.25, 0.3) is 6.08 Å². The Labute approximate surface area is 140 Å². The maximum atomic E-state index is 6.51. The van der Waals surface area contributed by atoms with Crippen LogP contribution in [0.15, 0.2) is 48.1 Å². The number of hydrogen-bond donors (Lipinski definition) is 3. The molecule has 3 heteroatoms. The van der Waals surface area contributed by atoms with Crippen molar-refractivity contribution < 1.29 is 0 Å². The molecule has 1 aromatic carbocycles. The lowest BCUT2D eigenvalue weighted by Crippen LogP contribution is -2.47. The zero-order valence-electron chi connectivity index (χ0n) is 14.3. The zero-order chi connectivity index (χ0) is 16.8. The molecule has 1 aliphatic rings. The molecule has 0 amide bonds. The molecule has 1 saturated heterocycles. The van der Waals surface area contributed by atoms with Gasteiger partial charge in [-0.05, 0) is 49.1 Å². The van der Waals surface area contributed by atoms with Gasteiger partial charge in [-0.3, -0.25) is 0 Å². The Morgan fingerprint density at radius 3 is 2.74 bits per heavy atom. The molecule has 23 heavy (non-hydrogen) atoms. The van der Waals surface area contributed by atoms with E-state index < -0.39 is 0 Å². The topological polar surface area (TPSA) is 64.1 Å². The molecule has 0 aliphatic carbocycles. The van der Waals surface area contributed by atoms with Crippen molar-refractivity contribution >= 4 is 6.08 Å². The Bertz CT molecular complexity index is 609. The lowest BCUT2D eigenvalue weighted by molar-refractivity contribution is 0.294. The summed E-state index contributed by atoms with van der Waals surface area (Å²) in [6.45, 7) is 10.7. The number of rotatable bonds is 7. The second-order valence-electron chi connectivity index (χ2n) is 6.37. The number of benzene rings is 1. The molecule has 3 nitrogen and oxygen atoms in total. The number of nitrogens with one attached hydrogen (secondary N) is 1. The summed E-state index contributed by atoms with van der Waals surface area (Å²) in [5, 5.41) is 3.31. The minimum Gasteiger partial charge on any atom is -0.330 e. The molecule has 124 valence electrons. The third-order valence-corrected chi connectivity index (χ3v) is 4.54. The maximum Gasteiger partial charge on any atom is 0.0353 e. The highest BCUT2D eigenvalue weighted by atomic mass is 15.0. The Morgan fingerprint density at radius 1 is 1.43 bits per heavy atom. The van der Waals surface area contributed by atoms with Gasteiger partial charge in [-0.2, -0.15) is 0 Å². The van der Waals surface area contributed by atoms with E-state index in [0.29, 0.717) is 12.5 Å². The third kappa shape index (κ3) is 4.41. The molecule has 0 spiro atoms. The van der Waals surface area contributed by atoms with Gasteiger partial charge in [0.1, 0.15) is 0 Å². The van der Waals surface area contributed by atoms with Gasteiger partial charge >= 0.3 is 0 Å². The van der Waals surface area contributed by atoms with Crippen LogP contribution in [0.5, 0.6) is 0 Å². The first kappa shape index (κ1) is 17.7. The van der Waals surface area contributed by atoms with Crippen molar-refractivity contribution in [3.8, 4) is 0 Å². The fourth-order valence-corrected chi connectivity index (χ4v) is 2.95. The molecule has 1 heterocycles. The first-order valence-electron chi connectivity index (χ1n) is 8.34. The molecular formula is C20H29N3. The summed E-state index contributed by atoms with van der Waals surface area (Å²) in [6.07, 6.45) is 6.95. The molecule has 1 atom stereocenters. The molecule has 0 radical (unpaired) electrons. The van der Waals surface area contributed by atoms with E-state index in [0.717, 1.165) is 19.5 Å². The van der Waals surface area contributed by atoms with E-state index in [1.54, 1.807) is 0 Å². The van der Waals surface area contributed by atoms with E-state index in [2.05, 4.69) is 50.0 Å². The second kappa shape index (κ2) is 8.25. The van der Waals surface area contributed by atoms with Gasteiger partial charge in [0.05, 0.1) is 0 Å². The largest absolute Gasteiger partial charge is 0.330 e. The SMILES string of the molecule is C=C/C=C(C)/C(=C\c1cc(C)ccc1C(N)C1CNC1)CCN. The molecule has 0 bridgehead atoms. The number of aryl methyl sites for hydroxylation is 1. The van der Waals surface area contributed by atoms with Crippen LogP contribution in [-0.2, 0) is 0 Å². The minimum atomic E-state index is 0.0749. The van der Waals surface area contributed by atoms with Crippen LogP contribution in [0.2, 0.25) is 0 Å². The minimum absolute atomic E-state index is 0.0749. The quantitative estimate of drug-likeness (QED) is 0.678. The van der Waals surface area contributed by atoms with Crippen LogP contribution in [0.3, 0.4) is 0 Å². The van der Waals surface area contributed by atoms with E-state index in [9.17, 15) is 0 Å². The molecule has 1 aliphatic heterocycles. The molecule has 5 N–H and O–H groups in total. The summed E-state index contributed by atoms with van der Waals surface area (Å²) in [6, 6.07) is 6.62. The highest BCUT2D eigenvalue weighted by Crippen LogP contribution is 2.29. The van der Waals surface area contributed by atoms with E-state index >= 15 is 0 Å². The van der Waals surface area contributed by atoms with Crippen molar-refractivity contribution in [3.63, 3.8) is 0 Å². The summed E-state index contributed by atoms with van der Waals surface area (Å²) >= 11 is 0. The van der Waals surface area contributed by atoms with E-state index in [1.807, 2.05) is 12.2 Å². The molecule has 0 aromatic heterocycles. The smallest absolute Gasteiger partial charge is 0.0353 e. The van der Waals surface area contributed by atoms with Gasteiger partial charge in [-0.15, -0.1) is 0 Å². The van der Waals surface area contributed by atoms with Gasteiger partial charge < -0.3 is 16.8 Å². The van der Waals surface area contributed by atoms with Crippen molar-refractivity contribution in [2.75, 3.05) is 19.6 Å². The Hall–Kier alpha value is -1.68. The summed E-state index contributed by atoms with van der Waals surface area (Å²) in [5.74, 6) is 0.521. The Morgan fingerprint density at radius 2 is 2.17 bits per heavy atom. The average Bonchev–Trinajstić information content (AvgIpc) is 2.45. The van der Waals surface area contributed by atoms with Crippen molar-refractivity contribution in [2.45, 2.75) is 26.3 Å². The summed E-state index contributed by atoms with van der Waals surface area (Å²) in [7, 11) is 0. The monoisotopic (exact) mass is 311 g/mol. The lowest BCUT2D eigenvalue weighted by atomic mass is 9.85. The predicted molar refractivity (Wildman–Crippen MR) is 100 cm³/mol. The predicted octanol–water partition coefficient (Wildman–Crippen LogP) is 3.08. The van der Waals surface area contributed by atoms with Crippen LogP contribution in [0.4, 0.5) is 0 Å². The number of nitrogens with two attached hydrogens (primary N) is 2. The van der Waals surface area contributed by atoms with Gasteiger partial charge in [0.25, 0.3) is 0 Å². The molecule has 1 fully saturated rings. The van der Waals surface area contributed by atoms with E-state index in [4.69, 9.17) is 11.5 Å². The molecule has 1 aromatic rings.